The van der Waals surface area contributed by atoms with E-state index in [1.807, 2.05) is 24.3 Å². The van der Waals surface area contributed by atoms with Crippen LogP contribution in [0, 0.1) is 0 Å². The summed E-state index contributed by atoms with van der Waals surface area (Å²) in [5, 5.41) is 20.5. The van der Waals surface area contributed by atoms with Gasteiger partial charge in [0.2, 0.25) is 0 Å². The summed E-state index contributed by atoms with van der Waals surface area (Å²) in [6.07, 6.45) is 3.47. The summed E-state index contributed by atoms with van der Waals surface area (Å²) in [4.78, 5) is 12.2. The highest BCUT2D eigenvalue weighted by Gasteiger charge is 2.10. The van der Waals surface area contributed by atoms with E-state index in [1.165, 1.54) is 12.3 Å². The summed E-state index contributed by atoms with van der Waals surface area (Å²) in [6, 6.07) is 14.1. The number of H-pyrrole nitrogens is 1. The van der Waals surface area contributed by atoms with Gasteiger partial charge in [0.1, 0.15) is 17.2 Å². The standard InChI is InChI=1S/C21H21BrN4O3/c1-2-3-10-29-17-7-4-14(5-8-17)18-12-19(25-24-18)21(28)26-23-13-15-11-16(22)6-9-20(15)27/h4-9,11-13,27H,2-3,10H2,1H3,(H,24,25)(H,26,28)/b23-13+. The molecule has 0 spiro atoms. The number of amides is 1. The number of hydrogen-bond donors (Lipinski definition) is 3. The molecule has 7 nitrogen and oxygen atoms in total. The van der Waals surface area contributed by atoms with Crippen molar-refractivity contribution in [2.24, 2.45) is 5.10 Å². The van der Waals surface area contributed by atoms with Gasteiger partial charge in [-0.1, -0.05) is 29.3 Å². The molecular formula is C21H21BrN4O3. The third kappa shape index (κ3) is 5.68. The van der Waals surface area contributed by atoms with E-state index in [0.717, 1.165) is 28.6 Å². The average molecular weight is 457 g/mol. The number of phenolic OH excluding ortho intramolecular Hbond substituents is 1. The van der Waals surface area contributed by atoms with Gasteiger partial charge in [-0.25, -0.2) is 5.43 Å². The number of benzene rings is 2. The van der Waals surface area contributed by atoms with Crippen molar-refractivity contribution < 1.29 is 14.6 Å². The number of nitrogens with one attached hydrogen (secondary N) is 2. The van der Waals surface area contributed by atoms with Gasteiger partial charge < -0.3 is 9.84 Å². The Morgan fingerprint density at radius 3 is 2.83 bits per heavy atom. The molecule has 0 saturated heterocycles. The Labute approximate surface area is 176 Å². The first-order valence-corrected chi connectivity index (χ1v) is 9.96. The monoisotopic (exact) mass is 456 g/mol. The van der Waals surface area contributed by atoms with Gasteiger partial charge in [-0.05, 0) is 55.0 Å². The minimum absolute atomic E-state index is 0.0668. The molecule has 0 aliphatic rings. The second kappa shape index (κ2) is 9.88. The van der Waals surface area contributed by atoms with Crippen LogP contribution in [-0.4, -0.2) is 34.0 Å². The van der Waals surface area contributed by atoms with Crippen LogP contribution in [0.1, 0.15) is 35.8 Å². The number of unbranched alkanes of at least 4 members (excludes halogenated alkanes) is 1. The first-order chi connectivity index (χ1) is 14.1. The number of nitrogens with zero attached hydrogens (tertiary/aromatic N) is 2. The van der Waals surface area contributed by atoms with Crippen LogP contribution in [0.5, 0.6) is 11.5 Å². The lowest BCUT2D eigenvalue weighted by atomic mass is 10.1. The van der Waals surface area contributed by atoms with E-state index in [0.29, 0.717) is 17.9 Å². The van der Waals surface area contributed by atoms with E-state index in [9.17, 15) is 9.90 Å². The molecule has 0 aliphatic carbocycles. The summed E-state index contributed by atoms with van der Waals surface area (Å²) in [5.74, 6) is 0.437. The van der Waals surface area contributed by atoms with Gasteiger partial charge in [0.25, 0.3) is 5.91 Å². The fraction of sp³-hybridized carbons (Fsp3) is 0.190. The van der Waals surface area contributed by atoms with Crippen molar-refractivity contribution in [2.45, 2.75) is 19.8 Å². The molecule has 2 aromatic carbocycles. The fourth-order valence-corrected chi connectivity index (χ4v) is 2.87. The second-order valence-corrected chi connectivity index (χ2v) is 7.21. The lowest BCUT2D eigenvalue weighted by Gasteiger charge is -2.05. The van der Waals surface area contributed by atoms with Crippen LogP contribution in [-0.2, 0) is 0 Å². The summed E-state index contributed by atoms with van der Waals surface area (Å²) in [6.45, 7) is 2.81. The summed E-state index contributed by atoms with van der Waals surface area (Å²) >= 11 is 3.32. The summed E-state index contributed by atoms with van der Waals surface area (Å²) in [5.41, 5.74) is 4.67. The van der Waals surface area contributed by atoms with Crippen molar-refractivity contribution >= 4 is 28.1 Å². The zero-order valence-corrected chi connectivity index (χ0v) is 17.4. The number of aromatic nitrogens is 2. The van der Waals surface area contributed by atoms with E-state index in [-0.39, 0.29) is 11.4 Å². The molecule has 1 amide bonds. The molecule has 150 valence electrons. The Morgan fingerprint density at radius 2 is 2.07 bits per heavy atom. The van der Waals surface area contributed by atoms with Crippen LogP contribution in [0.15, 0.2) is 58.1 Å². The fourth-order valence-electron chi connectivity index (χ4n) is 2.49. The molecule has 1 heterocycles. The molecule has 0 unspecified atom stereocenters. The third-order valence-corrected chi connectivity index (χ3v) is 4.59. The first kappa shape index (κ1) is 20.6. The number of aromatic amines is 1. The molecule has 3 N–H and O–H groups in total. The lowest BCUT2D eigenvalue weighted by molar-refractivity contribution is 0.0950. The van der Waals surface area contributed by atoms with Gasteiger partial charge in [-0.2, -0.15) is 10.2 Å². The first-order valence-electron chi connectivity index (χ1n) is 9.17. The molecule has 29 heavy (non-hydrogen) atoms. The van der Waals surface area contributed by atoms with Crippen molar-refractivity contribution in [3.05, 3.63) is 64.3 Å². The molecule has 3 rings (SSSR count). The number of halogens is 1. The highest BCUT2D eigenvalue weighted by atomic mass is 79.9. The van der Waals surface area contributed by atoms with Gasteiger partial charge in [0.15, 0.2) is 0 Å². The van der Waals surface area contributed by atoms with E-state index in [1.54, 1.807) is 18.2 Å². The van der Waals surface area contributed by atoms with Crippen LogP contribution >= 0.6 is 15.9 Å². The zero-order chi connectivity index (χ0) is 20.6. The van der Waals surface area contributed by atoms with E-state index in [4.69, 9.17) is 4.74 Å². The summed E-state index contributed by atoms with van der Waals surface area (Å²) < 4.78 is 6.44. The maximum absolute atomic E-state index is 12.2. The number of hydrogen-bond acceptors (Lipinski definition) is 5. The molecule has 8 heteroatoms. The molecule has 0 saturated carbocycles. The van der Waals surface area contributed by atoms with E-state index < -0.39 is 5.91 Å². The van der Waals surface area contributed by atoms with Crippen molar-refractivity contribution in [3.63, 3.8) is 0 Å². The largest absolute Gasteiger partial charge is 0.507 e. The van der Waals surface area contributed by atoms with Gasteiger partial charge >= 0.3 is 0 Å². The third-order valence-electron chi connectivity index (χ3n) is 4.10. The Kier molecular flexibility index (Phi) is 7.02. The number of carbonyl (C=O) groups excluding carboxylic acids is 1. The number of rotatable bonds is 8. The molecule has 1 aromatic heterocycles. The van der Waals surface area contributed by atoms with Crippen LogP contribution in [0.25, 0.3) is 11.3 Å². The maximum atomic E-state index is 12.2. The van der Waals surface area contributed by atoms with Crippen LogP contribution < -0.4 is 10.2 Å². The highest BCUT2D eigenvalue weighted by molar-refractivity contribution is 9.10. The van der Waals surface area contributed by atoms with Gasteiger partial charge in [0, 0.05) is 15.6 Å². The molecule has 0 aliphatic heterocycles. The Hall–Kier alpha value is -3.13. The smallest absolute Gasteiger partial charge is 0.289 e. The second-order valence-electron chi connectivity index (χ2n) is 6.30. The molecule has 0 atom stereocenters. The number of phenols is 1. The van der Waals surface area contributed by atoms with E-state index >= 15 is 0 Å². The predicted octanol–water partition coefficient (Wildman–Crippen LogP) is 4.49. The minimum atomic E-state index is -0.436. The molecule has 0 fully saturated rings. The van der Waals surface area contributed by atoms with Crippen molar-refractivity contribution in [2.75, 3.05) is 6.61 Å². The van der Waals surface area contributed by atoms with Gasteiger partial charge in [-0.15, -0.1) is 0 Å². The molecule has 0 radical (unpaired) electrons. The Morgan fingerprint density at radius 1 is 1.28 bits per heavy atom. The molecule has 3 aromatic rings. The van der Waals surface area contributed by atoms with Gasteiger partial charge in [0.05, 0.1) is 18.5 Å². The quantitative estimate of drug-likeness (QED) is 0.264. The maximum Gasteiger partial charge on any atom is 0.289 e. The number of carbonyl (C=O) groups is 1. The lowest BCUT2D eigenvalue weighted by Crippen LogP contribution is -2.18. The van der Waals surface area contributed by atoms with Crippen molar-refractivity contribution in [1.82, 2.24) is 15.6 Å². The normalized spacial score (nSPS) is 11.0. The SMILES string of the molecule is CCCCOc1ccc(-c2cc(C(=O)N/N=C/c3cc(Br)ccc3O)[nH]n2)cc1. The Balaban J connectivity index is 1.61. The van der Waals surface area contributed by atoms with Crippen LogP contribution in [0.4, 0.5) is 0 Å². The predicted molar refractivity (Wildman–Crippen MR) is 115 cm³/mol. The van der Waals surface area contributed by atoms with Crippen LogP contribution in [0.3, 0.4) is 0 Å². The van der Waals surface area contributed by atoms with Crippen LogP contribution in [0.2, 0.25) is 0 Å². The number of ether oxygens (including phenoxy) is 1. The minimum Gasteiger partial charge on any atom is -0.507 e. The topological polar surface area (TPSA) is 99.6 Å². The summed E-state index contributed by atoms with van der Waals surface area (Å²) in [7, 11) is 0. The molecular weight excluding hydrogens is 436 g/mol. The van der Waals surface area contributed by atoms with Crippen molar-refractivity contribution in [3.8, 4) is 22.8 Å². The van der Waals surface area contributed by atoms with Crippen molar-refractivity contribution in [1.29, 1.82) is 0 Å². The average Bonchev–Trinajstić information content (AvgIpc) is 3.21. The van der Waals surface area contributed by atoms with Gasteiger partial charge in [-0.3, -0.25) is 9.89 Å². The zero-order valence-electron chi connectivity index (χ0n) is 15.9. The van der Waals surface area contributed by atoms with E-state index in [2.05, 4.69) is 43.6 Å². The Bertz CT molecular complexity index is 999. The highest BCUT2D eigenvalue weighted by Crippen LogP contribution is 2.22. The number of aromatic hydroxyl groups is 1. The number of hydrazone groups is 1. The molecule has 0 bridgehead atoms.